The van der Waals surface area contributed by atoms with Crippen molar-refractivity contribution < 1.29 is 19.1 Å². The van der Waals surface area contributed by atoms with E-state index in [1.54, 1.807) is 50.4 Å². The van der Waals surface area contributed by atoms with Crippen LogP contribution in [-0.4, -0.2) is 51.1 Å². The maximum atomic E-state index is 12.1. The molecule has 0 aromatic heterocycles. The molecule has 0 saturated heterocycles. The van der Waals surface area contributed by atoms with Gasteiger partial charge in [-0.15, -0.1) is 0 Å². The summed E-state index contributed by atoms with van der Waals surface area (Å²) in [7, 11) is 4.90. The van der Waals surface area contributed by atoms with Gasteiger partial charge in [-0.25, -0.2) is 0 Å². The standard InChI is InChI=1S/C20H25N3O4/c1-23(14-20(25)22-16-8-10-17(26-2)11-9-16)13-19(24)21-12-15-6-4-5-7-18(15)27-3/h4-11H,12-14H2,1-3H3,(H,21,24)(H,22,25). The third kappa shape index (κ3) is 6.63. The molecule has 144 valence electrons. The van der Waals surface area contributed by atoms with Gasteiger partial charge in [0.25, 0.3) is 0 Å². The molecule has 0 unspecified atom stereocenters. The second-order valence-electron chi connectivity index (χ2n) is 6.04. The first kappa shape index (κ1) is 20.3. The van der Waals surface area contributed by atoms with Crippen molar-refractivity contribution in [2.45, 2.75) is 6.54 Å². The number of ether oxygens (including phenoxy) is 2. The average Bonchev–Trinajstić information content (AvgIpc) is 2.66. The zero-order valence-electron chi connectivity index (χ0n) is 15.8. The van der Waals surface area contributed by atoms with Crippen molar-refractivity contribution in [3.8, 4) is 11.5 Å². The van der Waals surface area contributed by atoms with Crippen molar-refractivity contribution in [3.05, 3.63) is 54.1 Å². The first-order valence-electron chi connectivity index (χ1n) is 8.53. The maximum absolute atomic E-state index is 12.1. The Morgan fingerprint density at radius 2 is 1.59 bits per heavy atom. The molecule has 2 N–H and O–H groups in total. The summed E-state index contributed by atoms with van der Waals surface area (Å²) in [6.07, 6.45) is 0. The molecule has 2 aromatic rings. The van der Waals surface area contributed by atoms with Crippen molar-refractivity contribution in [1.82, 2.24) is 10.2 Å². The quantitative estimate of drug-likeness (QED) is 0.704. The Hall–Kier alpha value is -3.06. The van der Waals surface area contributed by atoms with E-state index in [1.807, 2.05) is 24.3 Å². The molecule has 0 aliphatic carbocycles. The first-order chi connectivity index (χ1) is 13.0. The molecule has 7 heteroatoms. The molecular weight excluding hydrogens is 346 g/mol. The van der Waals surface area contributed by atoms with Crippen molar-refractivity contribution in [2.75, 3.05) is 39.7 Å². The number of amides is 2. The van der Waals surface area contributed by atoms with Crippen LogP contribution in [0.5, 0.6) is 11.5 Å². The van der Waals surface area contributed by atoms with Gasteiger partial charge >= 0.3 is 0 Å². The molecule has 0 bridgehead atoms. The Morgan fingerprint density at radius 1 is 0.926 bits per heavy atom. The number of nitrogens with one attached hydrogen (secondary N) is 2. The number of carbonyl (C=O) groups excluding carboxylic acids is 2. The van der Waals surface area contributed by atoms with Crippen LogP contribution in [0.25, 0.3) is 0 Å². The fourth-order valence-corrected chi connectivity index (χ4v) is 2.52. The van der Waals surface area contributed by atoms with Gasteiger partial charge in [0, 0.05) is 17.8 Å². The number of anilines is 1. The van der Waals surface area contributed by atoms with Crippen molar-refractivity contribution >= 4 is 17.5 Å². The molecule has 27 heavy (non-hydrogen) atoms. The first-order valence-corrected chi connectivity index (χ1v) is 8.53. The molecule has 7 nitrogen and oxygen atoms in total. The highest BCUT2D eigenvalue weighted by Gasteiger charge is 2.11. The summed E-state index contributed by atoms with van der Waals surface area (Å²) in [5, 5.41) is 5.62. The number of methoxy groups -OCH3 is 2. The lowest BCUT2D eigenvalue weighted by atomic mass is 10.2. The number of hydrogen-bond acceptors (Lipinski definition) is 5. The summed E-state index contributed by atoms with van der Waals surface area (Å²) in [4.78, 5) is 25.8. The summed E-state index contributed by atoms with van der Waals surface area (Å²) in [5.41, 5.74) is 1.57. The van der Waals surface area contributed by atoms with Crippen molar-refractivity contribution in [1.29, 1.82) is 0 Å². The van der Waals surface area contributed by atoms with Gasteiger partial charge < -0.3 is 20.1 Å². The van der Waals surface area contributed by atoms with E-state index in [4.69, 9.17) is 9.47 Å². The van der Waals surface area contributed by atoms with E-state index >= 15 is 0 Å². The Kier molecular flexibility index (Phi) is 7.63. The zero-order chi connectivity index (χ0) is 19.6. The number of benzene rings is 2. The molecule has 2 rings (SSSR count). The Morgan fingerprint density at radius 3 is 2.26 bits per heavy atom. The van der Waals surface area contributed by atoms with E-state index in [-0.39, 0.29) is 24.9 Å². The number of likely N-dealkylation sites (N-methyl/N-ethyl adjacent to an activating group) is 1. The van der Waals surface area contributed by atoms with Gasteiger partial charge in [-0.05, 0) is 37.4 Å². The molecule has 0 spiro atoms. The summed E-state index contributed by atoms with van der Waals surface area (Å²) in [5.74, 6) is 1.09. The van der Waals surface area contributed by atoms with Crippen LogP contribution < -0.4 is 20.1 Å². The molecule has 0 fully saturated rings. The van der Waals surface area contributed by atoms with E-state index in [2.05, 4.69) is 10.6 Å². The molecule has 0 aliphatic heterocycles. The molecule has 0 saturated carbocycles. The van der Waals surface area contributed by atoms with Crippen LogP contribution in [-0.2, 0) is 16.1 Å². The Balaban J connectivity index is 1.75. The predicted octanol–water partition coefficient (Wildman–Crippen LogP) is 1.89. The smallest absolute Gasteiger partial charge is 0.238 e. The van der Waals surface area contributed by atoms with Crippen LogP contribution in [0.15, 0.2) is 48.5 Å². The van der Waals surface area contributed by atoms with Gasteiger partial charge in [-0.3, -0.25) is 14.5 Å². The summed E-state index contributed by atoms with van der Waals surface area (Å²) >= 11 is 0. The van der Waals surface area contributed by atoms with E-state index in [0.717, 1.165) is 17.1 Å². The second kappa shape index (κ2) is 10.2. The number of rotatable bonds is 9. The summed E-state index contributed by atoms with van der Waals surface area (Å²) < 4.78 is 10.3. The van der Waals surface area contributed by atoms with Gasteiger partial charge in [0.15, 0.2) is 0 Å². The monoisotopic (exact) mass is 371 g/mol. The second-order valence-corrected chi connectivity index (χ2v) is 6.04. The highest BCUT2D eigenvalue weighted by molar-refractivity contribution is 5.92. The lowest BCUT2D eigenvalue weighted by Crippen LogP contribution is -2.38. The average molecular weight is 371 g/mol. The summed E-state index contributed by atoms with van der Waals surface area (Å²) in [6.45, 7) is 0.591. The SMILES string of the molecule is COc1ccc(NC(=O)CN(C)CC(=O)NCc2ccccc2OC)cc1. The number of nitrogens with zero attached hydrogens (tertiary/aromatic N) is 1. The van der Waals surface area contributed by atoms with Crippen LogP contribution >= 0.6 is 0 Å². The molecule has 2 aromatic carbocycles. The molecule has 2 amide bonds. The van der Waals surface area contributed by atoms with Gasteiger partial charge in [-0.1, -0.05) is 18.2 Å². The topological polar surface area (TPSA) is 79.9 Å². The highest BCUT2D eigenvalue weighted by Crippen LogP contribution is 2.16. The van der Waals surface area contributed by atoms with Crippen LogP contribution in [0, 0.1) is 0 Å². The van der Waals surface area contributed by atoms with Crippen LogP contribution in [0.1, 0.15) is 5.56 Å². The molecule has 0 atom stereocenters. The fourth-order valence-electron chi connectivity index (χ4n) is 2.52. The van der Waals surface area contributed by atoms with E-state index in [0.29, 0.717) is 12.2 Å². The Labute approximate surface area is 159 Å². The zero-order valence-corrected chi connectivity index (χ0v) is 15.8. The predicted molar refractivity (Wildman–Crippen MR) is 104 cm³/mol. The minimum atomic E-state index is -0.194. The summed E-state index contributed by atoms with van der Waals surface area (Å²) in [6, 6.07) is 14.6. The van der Waals surface area contributed by atoms with Gasteiger partial charge in [0.05, 0.1) is 27.3 Å². The highest BCUT2D eigenvalue weighted by atomic mass is 16.5. The molecular formula is C20H25N3O4. The van der Waals surface area contributed by atoms with Gasteiger partial charge in [0.2, 0.25) is 11.8 Å². The maximum Gasteiger partial charge on any atom is 0.238 e. The number of para-hydroxylation sites is 1. The number of carbonyl (C=O) groups is 2. The number of hydrogen-bond donors (Lipinski definition) is 2. The lowest BCUT2D eigenvalue weighted by Gasteiger charge is -2.16. The van der Waals surface area contributed by atoms with Crippen LogP contribution in [0.4, 0.5) is 5.69 Å². The molecule has 0 radical (unpaired) electrons. The van der Waals surface area contributed by atoms with E-state index in [1.165, 1.54) is 0 Å². The van der Waals surface area contributed by atoms with Gasteiger partial charge in [0.1, 0.15) is 11.5 Å². The Bertz CT molecular complexity index is 762. The lowest BCUT2D eigenvalue weighted by molar-refractivity contribution is -0.123. The van der Waals surface area contributed by atoms with E-state index < -0.39 is 0 Å². The largest absolute Gasteiger partial charge is 0.497 e. The van der Waals surface area contributed by atoms with Crippen molar-refractivity contribution in [2.24, 2.45) is 0 Å². The third-order valence-electron chi connectivity index (χ3n) is 3.87. The normalized spacial score (nSPS) is 10.4. The van der Waals surface area contributed by atoms with Gasteiger partial charge in [-0.2, -0.15) is 0 Å². The fraction of sp³-hybridized carbons (Fsp3) is 0.300. The van der Waals surface area contributed by atoms with Crippen molar-refractivity contribution in [3.63, 3.8) is 0 Å². The van der Waals surface area contributed by atoms with Crippen LogP contribution in [0.2, 0.25) is 0 Å². The van der Waals surface area contributed by atoms with E-state index in [9.17, 15) is 9.59 Å². The van der Waals surface area contributed by atoms with Crippen LogP contribution in [0.3, 0.4) is 0 Å². The molecule has 0 aliphatic rings. The third-order valence-corrected chi connectivity index (χ3v) is 3.87. The minimum Gasteiger partial charge on any atom is -0.497 e. The minimum absolute atomic E-state index is 0.105. The molecule has 0 heterocycles.